The second-order valence-corrected chi connectivity index (χ2v) is 3.05. The van der Waals surface area contributed by atoms with Gasteiger partial charge in [-0.1, -0.05) is 13.8 Å². The van der Waals surface area contributed by atoms with Gasteiger partial charge in [0.2, 0.25) is 0 Å². The van der Waals surface area contributed by atoms with Gasteiger partial charge in [0, 0.05) is 0 Å². The molecule has 0 radical (unpaired) electrons. The highest BCUT2D eigenvalue weighted by atomic mass is 31.1. The molecule has 0 N–H and O–H groups in total. The molecule has 0 aromatic rings. The fourth-order valence-corrected chi connectivity index (χ4v) is 0.971. The van der Waals surface area contributed by atoms with Gasteiger partial charge in [-0.3, -0.25) is 4.79 Å². The van der Waals surface area contributed by atoms with Crippen LogP contribution in [0.4, 0.5) is 0 Å². The molecule has 0 aliphatic rings. The summed E-state index contributed by atoms with van der Waals surface area (Å²) in [6.07, 6.45) is 1.41. The maximum absolute atomic E-state index is 11.1. The molecule has 0 aliphatic carbocycles. The molecule has 0 spiro atoms. The van der Waals surface area contributed by atoms with Crippen molar-refractivity contribution < 1.29 is 13.9 Å². The highest BCUT2D eigenvalue weighted by Gasteiger charge is 2.31. The summed E-state index contributed by atoms with van der Waals surface area (Å²) in [6.45, 7) is 5.62. The van der Waals surface area contributed by atoms with Crippen molar-refractivity contribution in [3.05, 3.63) is 0 Å². The fourth-order valence-electron chi connectivity index (χ4n) is 0.683. The summed E-state index contributed by atoms with van der Waals surface area (Å²) in [5.74, 6) is -0.390. The van der Waals surface area contributed by atoms with E-state index in [1.165, 1.54) is 0 Å². The van der Waals surface area contributed by atoms with Crippen molar-refractivity contribution in [2.75, 3.05) is 0 Å². The Morgan fingerprint density at radius 2 is 1.91 bits per heavy atom. The molecule has 0 saturated carbocycles. The van der Waals surface area contributed by atoms with Crippen molar-refractivity contribution in [1.29, 1.82) is 0 Å². The monoisotopic (exact) mass is 176 g/mol. The Labute approximate surface area is 68.4 Å². The van der Waals surface area contributed by atoms with E-state index >= 15 is 0 Å². The lowest BCUT2D eigenvalue weighted by atomic mass is 9.85. The molecule has 0 saturated heterocycles. The summed E-state index contributed by atoms with van der Waals surface area (Å²) in [5, 5.41) is 0. The molecule has 0 heterocycles. The van der Waals surface area contributed by atoms with Gasteiger partial charge in [0.05, 0.1) is 5.41 Å². The Morgan fingerprint density at radius 1 is 1.45 bits per heavy atom. The van der Waals surface area contributed by atoms with Gasteiger partial charge in [0.25, 0.3) is 0 Å². The maximum atomic E-state index is 11.1. The Bertz CT molecular complexity index is 152. The first-order valence-corrected chi connectivity index (χ1v) is 4.38. The number of carbonyl (C=O) groups excluding carboxylic acids is 1. The lowest BCUT2D eigenvalue weighted by Crippen LogP contribution is -2.26. The van der Waals surface area contributed by atoms with Crippen LogP contribution in [0, 0.1) is 5.41 Å². The zero-order valence-corrected chi connectivity index (χ0v) is 7.98. The van der Waals surface area contributed by atoms with Crippen LogP contribution in [-0.4, -0.2) is 5.97 Å². The Kier molecular flexibility index (Phi) is 4.27. The maximum Gasteiger partial charge on any atom is 0.398 e. The van der Waals surface area contributed by atoms with Crippen LogP contribution in [-0.2, 0) is 13.9 Å². The molecule has 64 valence electrons. The Balaban J connectivity index is 4.23. The summed E-state index contributed by atoms with van der Waals surface area (Å²) in [7, 11) is -0.557. The van der Waals surface area contributed by atoms with Gasteiger partial charge in [-0.2, -0.15) is 0 Å². The van der Waals surface area contributed by atoms with E-state index in [-0.39, 0.29) is 5.97 Å². The van der Waals surface area contributed by atoms with E-state index < -0.39 is 14.1 Å². The van der Waals surface area contributed by atoms with Crippen LogP contribution in [0.3, 0.4) is 0 Å². The van der Waals surface area contributed by atoms with Gasteiger partial charge in [-0.15, -0.1) is 0 Å². The normalized spacial score (nSPS) is 11.5. The zero-order chi connectivity index (χ0) is 8.91. The van der Waals surface area contributed by atoms with Gasteiger partial charge < -0.3 is 4.52 Å². The number of hydrogen-bond acceptors (Lipinski definition) is 3. The molecular weight excluding hydrogens is 163 g/mol. The lowest BCUT2D eigenvalue weighted by Gasteiger charge is -2.21. The van der Waals surface area contributed by atoms with Gasteiger partial charge in [-0.05, 0) is 19.8 Å². The van der Waals surface area contributed by atoms with E-state index in [4.69, 9.17) is 0 Å². The predicted molar refractivity (Wildman–Crippen MR) is 42.4 cm³/mol. The molecule has 0 aromatic heterocycles. The third kappa shape index (κ3) is 2.58. The quantitative estimate of drug-likeness (QED) is 0.618. The molecule has 11 heavy (non-hydrogen) atoms. The SMILES string of the molecule is CCC(C)(CC)C(=O)OP=O. The first kappa shape index (κ1) is 10.6. The van der Waals surface area contributed by atoms with Crippen molar-refractivity contribution >= 4 is 14.7 Å². The van der Waals surface area contributed by atoms with Crippen LogP contribution in [0.1, 0.15) is 33.6 Å². The van der Waals surface area contributed by atoms with Crippen molar-refractivity contribution in [3.63, 3.8) is 0 Å². The summed E-state index contributed by atoms with van der Waals surface area (Å²) < 4.78 is 14.3. The van der Waals surface area contributed by atoms with E-state index in [0.29, 0.717) is 12.8 Å². The van der Waals surface area contributed by atoms with Crippen LogP contribution in [0.2, 0.25) is 0 Å². The predicted octanol–water partition coefficient (Wildman–Crippen LogP) is 2.56. The first-order valence-electron chi connectivity index (χ1n) is 3.64. The molecular formula is C7H13O3P. The van der Waals surface area contributed by atoms with Gasteiger partial charge >= 0.3 is 14.7 Å². The van der Waals surface area contributed by atoms with Crippen molar-refractivity contribution in [2.24, 2.45) is 5.41 Å². The van der Waals surface area contributed by atoms with Crippen LogP contribution in [0.5, 0.6) is 0 Å². The summed E-state index contributed by atoms with van der Waals surface area (Å²) >= 11 is 0. The Morgan fingerprint density at radius 3 is 2.18 bits per heavy atom. The smallest absolute Gasteiger partial charge is 0.372 e. The molecule has 0 atom stereocenters. The highest BCUT2D eigenvalue weighted by Crippen LogP contribution is 2.28. The number of hydrogen-bond donors (Lipinski definition) is 0. The number of rotatable bonds is 4. The van der Waals surface area contributed by atoms with Crippen molar-refractivity contribution in [2.45, 2.75) is 33.6 Å². The molecule has 0 unspecified atom stereocenters. The largest absolute Gasteiger partial charge is 0.398 e. The molecule has 0 aliphatic heterocycles. The van der Waals surface area contributed by atoms with E-state index in [9.17, 15) is 9.36 Å². The van der Waals surface area contributed by atoms with Gasteiger partial charge in [0.1, 0.15) is 0 Å². The van der Waals surface area contributed by atoms with Gasteiger partial charge in [-0.25, -0.2) is 4.57 Å². The molecule has 0 fully saturated rings. The average Bonchev–Trinajstić information content (AvgIpc) is 2.03. The topological polar surface area (TPSA) is 43.4 Å². The molecule has 0 amide bonds. The first-order chi connectivity index (χ1) is 5.10. The minimum Gasteiger partial charge on any atom is -0.372 e. The molecule has 0 bridgehead atoms. The van der Waals surface area contributed by atoms with E-state index in [1.54, 1.807) is 6.92 Å². The van der Waals surface area contributed by atoms with Crippen molar-refractivity contribution in [1.82, 2.24) is 0 Å². The molecule has 0 aromatic carbocycles. The Hall–Kier alpha value is -0.430. The summed E-state index contributed by atoms with van der Waals surface area (Å²) in [5.41, 5.74) is -0.475. The van der Waals surface area contributed by atoms with Crippen LogP contribution in [0.25, 0.3) is 0 Å². The van der Waals surface area contributed by atoms with Crippen LogP contribution >= 0.6 is 8.69 Å². The van der Waals surface area contributed by atoms with Gasteiger partial charge in [0.15, 0.2) is 0 Å². The molecule has 4 heteroatoms. The van der Waals surface area contributed by atoms with Crippen LogP contribution < -0.4 is 0 Å². The van der Waals surface area contributed by atoms with E-state index in [2.05, 4.69) is 4.52 Å². The van der Waals surface area contributed by atoms with Crippen LogP contribution in [0.15, 0.2) is 0 Å². The molecule has 3 nitrogen and oxygen atoms in total. The zero-order valence-electron chi connectivity index (χ0n) is 7.09. The minimum atomic E-state index is -0.557. The third-order valence-corrected chi connectivity index (χ3v) is 2.41. The summed E-state index contributed by atoms with van der Waals surface area (Å²) in [6, 6.07) is 0. The number of carbonyl (C=O) groups is 1. The van der Waals surface area contributed by atoms with E-state index in [0.717, 1.165) is 0 Å². The summed E-state index contributed by atoms with van der Waals surface area (Å²) in [4.78, 5) is 11.1. The van der Waals surface area contributed by atoms with Crippen molar-refractivity contribution in [3.8, 4) is 0 Å². The van der Waals surface area contributed by atoms with E-state index in [1.807, 2.05) is 13.8 Å². The second-order valence-electron chi connectivity index (χ2n) is 2.72. The third-order valence-electron chi connectivity index (χ3n) is 2.17. The fraction of sp³-hybridized carbons (Fsp3) is 0.857. The second kappa shape index (κ2) is 4.45. The lowest BCUT2D eigenvalue weighted by molar-refractivity contribution is -0.144. The minimum absolute atomic E-state index is 0.390. The highest BCUT2D eigenvalue weighted by molar-refractivity contribution is 7.18. The molecule has 0 rings (SSSR count). The average molecular weight is 176 g/mol. The standard InChI is InChI=1S/C7H13O3P/c1-4-7(3,5-2)6(8)10-11-9/h4-5H2,1-3H3.